The highest BCUT2D eigenvalue weighted by molar-refractivity contribution is 6.05. The van der Waals surface area contributed by atoms with Gasteiger partial charge in [-0.2, -0.15) is 4.98 Å². The van der Waals surface area contributed by atoms with E-state index in [1.807, 2.05) is 41.3 Å². The van der Waals surface area contributed by atoms with Crippen LogP contribution in [0.5, 0.6) is 5.75 Å². The highest BCUT2D eigenvalue weighted by Gasteiger charge is 2.54. The minimum absolute atomic E-state index is 0.0412. The normalized spacial score (nSPS) is 24.0. The fourth-order valence-corrected chi connectivity index (χ4v) is 11.2. The molecule has 0 bridgehead atoms. The number of hydrogen-bond donors (Lipinski definition) is 3. The fraction of sp³-hybridized carbons (Fsp3) is 0.529. The quantitative estimate of drug-likeness (QED) is 0.0637. The molecule has 19 nitrogen and oxygen atoms in total. The summed E-state index contributed by atoms with van der Waals surface area (Å²) in [5.74, 6) is 7.02. The van der Waals surface area contributed by atoms with E-state index in [9.17, 15) is 24.3 Å². The van der Waals surface area contributed by atoms with Gasteiger partial charge >= 0.3 is 0 Å². The lowest BCUT2D eigenvalue weighted by Crippen LogP contribution is -2.52. The van der Waals surface area contributed by atoms with E-state index in [4.69, 9.17) is 24.2 Å². The zero-order valence-electron chi connectivity index (χ0n) is 40.0. The molecule has 4 amide bonds. The van der Waals surface area contributed by atoms with Crippen molar-refractivity contribution in [3.63, 3.8) is 0 Å². The molecule has 10 rings (SSSR count). The van der Waals surface area contributed by atoms with Crippen LogP contribution < -0.4 is 25.2 Å². The van der Waals surface area contributed by atoms with E-state index in [1.165, 1.54) is 17.7 Å². The molecular formula is C51H61N11O8. The van der Waals surface area contributed by atoms with Crippen molar-refractivity contribution < 1.29 is 38.5 Å². The average molecular weight is 956 g/mol. The van der Waals surface area contributed by atoms with Gasteiger partial charge in [0.15, 0.2) is 12.0 Å². The van der Waals surface area contributed by atoms with Gasteiger partial charge in [0.2, 0.25) is 23.7 Å². The number of fused-ring (bicyclic) bond motifs is 3. The van der Waals surface area contributed by atoms with Crippen molar-refractivity contribution in [2.75, 3.05) is 55.6 Å². The van der Waals surface area contributed by atoms with Gasteiger partial charge < -0.3 is 44.2 Å². The van der Waals surface area contributed by atoms with Crippen LogP contribution in [0.3, 0.4) is 0 Å². The Morgan fingerprint density at radius 2 is 1.87 bits per heavy atom. The molecule has 0 radical (unpaired) electrons. The molecule has 19 heteroatoms. The molecule has 70 heavy (non-hydrogen) atoms. The van der Waals surface area contributed by atoms with Crippen LogP contribution in [0.1, 0.15) is 112 Å². The van der Waals surface area contributed by atoms with Gasteiger partial charge in [-0.05, 0) is 81.2 Å². The van der Waals surface area contributed by atoms with Gasteiger partial charge in [-0.3, -0.25) is 24.5 Å². The third-order valence-electron chi connectivity index (χ3n) is 15.0. The number of epoxide rings is 1. The first kappa shape index (κ1) is 47.1. The number of aliphatic hydroxyl groups is 1. The number of carbonyl (C=O) groups is 4. The monoisotopic (exact) mass is 955 g/mol. The number of anilines is 4. The van der Waals surface area contributed by atoms with Gasteiger partial charge in [0.1, 0.15) is 35.9 Å². The number of amides is 4. The molecule has 0 spiro atoms. The highest BCUT2D eigenvalue weighted by atomic mass is 16.6. The molecule has 3 unspecified atom stereocenters. The summed E-state index contributed by atoms with van der Waals surface area (Å²) in [7, 11) is 3.71. The first-order chi connectivity index (χ1) is 34.1. The number of carbonyl (C=O) groups excluding carboxylic acids is 4. The van der Waals surface area contributed by atoms with Gasteiger partial charge in [0.05, 0.1) is 50.5 Å². The molecule has 4 fully saturated rings. The number of rotatable bonds is 15. The minimum atomic E-state index is -0.688. The average Bonchev–Trinajstić information content (AvgIpc) is 3.64. The largest absolute Gasteiger partial charge is 0.495 e. The fourth-order valence-electron chi connectivity index (χ4n) is 11.2. The Morgan fingerprint density at radius 1 is 1.04 bits per heavy atom. The van der Waals surface area contributed by atoms with Gasteiger partial charge in [-0.15, -0.1) is 5.10 Å². The van der Waals surface area contributed by atoms with Crippen LogP contribution in [0, 0.1) is 11.8 Å². The van der Waals surface area contributed by atoms with Crippen molar-refractivity contribution in [1.29, 1.82) is 0 Å². The summed E-state index contributed by atoms with van der Waals surface area (Å²) in [4.78, 5) is 68.1. The van der Waals surface area contributed by atoms with Crippen molar-refractivity contribution in [3.8, 4) is 28.8 Å². The Kier molecular flexibility index (Phi) is 13.7. The molecule has 2 aliphatic carbocycles. The van der Waals surface area contributed by atoms with Crippen LogP contribution in [0.15, 0.2) is 48.8 Å². The van der Waals surface area contributed by atoms with E-state index < -0.39 is 18.6 Å². The van der Waals surface area contributed by atoms with E-state index >= 15 is 0 Å². The molecule has 4 aliphatic heterocycles. The van der Waals surface area contributed by atoms with Gasteiger partial charge in [0.25, 0.3) is 5.91 Å². The van der Waals surface area contributed by atoms with Crippen LogP contribution in [-0.4, -0.2) is 141 Å². The molecule has 2 aromatic heterocycles. The van der Waals surface area contributed by atoms with Crippen LogP contribution in [-0.2, 0) is 30.4 Å². The van der Waals surface area contributed by atoms with E-state index in [-0.39, 0.29) is 61.1 Å². The molecular weight excluding hydrogens is 895 g/mol. The van der Waals surface area contributed by atoms with Crippen molar-refractivity contribution in [2.24, 2.45) is 0 Å². The number of imide groups is 1. The summed E-state index contributed by atoms with van der Waals surface area (Å²) in [6.45, 7) is 2.89. The predicted octanol–water partition coefficient (Wildman–Crippen LogP) is 4.71. The Bertz CT molecular complexity index is 2690. The van der Waals surface area contributed by atoms with Crippen LogP contribution in [0.2, 0.25) is 0 Å². The maximum absolute atomic E-state index is 13.2. The van der Waals surface area contributed by atoms with Gasteiger partial charge in [-0.1, -0.05) is 49.0 Å². The lowest BCUT2D eigenvalue weighted by Gasteiger charge is -2.37. The molecule has 4 aromatic rings. The van der Waals surface area contributed by atoms with Crippen molar-refractivity contribution in [2.45, 2.75) is 133 Å². The van der Waals surface area contributed by atoms with Crippen molar-refractivity contribution >= 4 is 46.8 Å². The Morgan fingerprint density at radius 3 is 2.64 bits per heavy atom. The van der Waals surface area contributed by atoms with Crippen LogP contribution in [0.4, 0.5) is 23.1 Å². The number of ether oxygens (including phenoxy) is 3. The smallest absolute Gasteiger partial charge is 0.255 e. The van der Waals surface area contributed by atoms with Gasteiger partial charge in [-0.25, -0.2) is 9.67 Å². The molecule has 4 atom stereocenters. The Balaban J connectivity index is 0.716. The molecule has 2 aromatic carbocycles. The second-order valence-corrected chi connectivity index (χ2v) is 19.1. The zero-order chi connectivity index (χ0) is 48.5. The summed E-state index contributed by atoms with van der Waals surface area (Å²) < 4.78 is 19.9. The standard InChI is InChI=1S/C51H61N11O8/c1-4-40-46-50(70-46)58(2)42-27-52-51(55-47(42)62(40)35-12-5-6-13-35)53-38-20-15-32(26-43(38)68-3)39-29-61(57-56-39)34-18-16-33(17-19-34)59(45(65)30-63)23-25-69-24-8-7-10-31-11-9-14-36-37(31)28-60(49(36)67)41-21-22-44(64)54-48(41)66/h9,11,14-15,20,26-27,29,33-35,40-41,46,50,63H,4-6,8,12-13,16-19,21-25,28,30H2,1-3H3,(H,52,53,55)(H,54,64,66)/t33?,34?,40-,41?,46?,50?/m1/s1. The lowest BCUT2D eigenvalue weighted by atomic mass is 9.90. The number of aromatic nitrogens is 5. The third-order valence-corrected chi connectivity index (χ3v) is 15.0. The van der Waals surface area contributed by atoms with Crippen molar-refractivity contribution in [1.82, 2.24) is 40.1 Å². The minimum Gasteiger partial charge on any atom is -0.495 e. The van der Waals surface area contributed by atoms with E-state index in [2.05, 4.69) is 56.6 Å². The summed E-state index contributed by atoms with van der Waals surface area (Å²) in [6, 6.07) is 11.3. The Labute approximate surface area is 407 Å². The number of nitrogens with zero attached hydrogens (tertiary/aromatic N) is 9. The topological polar surface area (TPSA) is 213 Å². The van der Waals surface area contributed by atoms with Crippen LogP contribution >= 0.6 is 0 Å². The molecule has 6 aliphatic rings. The second kappa shape index (κ2) is 20.4. The third kappa shape index (κ3) is 9.39. The molecule has 368 valence electrons. The summed E-state index contributed by atoms with van der Waals surface area (Å²) in [5.41, 5.74) is 5.29. The van der Waals surface area contributed by atoms with E-state index in [0.29, 0.717) is 67.2 Å². The van der Waals surface area contributed by atoms with E-state index in [1.54, 1.807) is 24.1 Å². The molecule has 2 saturated carbocycles. The summed E-state index contributed by atoms with van der Waals surface area (Å²) in [6.07, 6.45) is 13.8. The van der Waals surface area contributed by atoms with Crippen molar-refractivity contribution in [3.05, 3.63) is 65.5 Å². The number of benzene rings is 2. The summed E-state index contributed by atoms with van der Waals surface area (Å²) >= 11 is 0. The predicted molar refractivity (Wildman–Crippen MR) is 258 cm³/mol. The van der Waals surface area contributed by atoms with E-state index in [0.717, 1.165) is 73.3 Å². The number of piperidine rings is 1. The molecule has 6 heterocycles. The Hall–Kier alpha value is -6.62. The molecule has 2 saturated heterocycles. The number of nitrogens with one attached hydrogen (secondary N) is 2. The number of aliphatic hydroxyl groups excluding tert-OH is 1. The number of methoxy groups -OCH3 is 1. The summed E-state index contributed by atoms with van der Waals surface area (Å²) in [5, 5.41) is 24.7. The first-order valence-electron chi connectivity index (χ1n) is 24.8. The van der Waals surface area contributed by atoms with Gasteiger partial charge in [0, 0.05) is 61.8 Å². The first-order valence-corrected chi connectivity index (χ1v) is 24.8. The zero-order valence-corrected chi connectivity index (χ0v) is 40.0. The molecule has 3 N–H and O–H groups in total. The number of hydrogen-bond acceptors (Lipinski definition) is 15. The lowest BCUT2D eigenvalue weighted by molar-refractivity contribution is -0.138. The number of likely N-dealkylation sites (N-methyl/N-ethyl adjacent to an activating group) is 1. The second-order valence-electron chi connectivity index (χ2n) is 19.1. The highest BCUT2D eigenvalue weighted by Crippen LogP contribution is 2.47. The SMILES string of the molecule is CC[C@@H]1C2OC2N(C)c2cnc(Nc3ccc(-c4cn(C5CCC(N(CCOCCC#Cc6cccc7c6CN(C6CCC(=O)NC6=O)C7=O)C(=O)CO)CC5)nn4)cc3OC)nc2N1C1CCCC1. The van der Waals surface area contributed by atoms with Crippen LogP contribution in [0.25, 0.3) is 11.3 Å². The maximum atomic E-state index is 13.2. The maximum Gasteiger partial charge on any atom is 0.255 e.